The summed E-state index contributed by atoms with van der Waals surface area (Å²) < 4.78 is 18.8. The van der Waals surface area contributed by atoms with Crippen molar-refractivity contribution < 1.29 is 14.0 Å². The van der Waals surface area contributed by atoms with E-state index in [4.69, 9.17) is 4.52 Å². The number of rotatable bonds is 4. The van der Waals surface area contributed by atoms with Crippen molar-refractivity contribution in [3.8, 4) is 17.2 Å². The number of aromatic hydroxyl groups is 1. The fourth-order valence-electron chi connectivity index (χ4n) is 2.52. The van der Waals surface area contributed by atoms with Crippen LogP contribution in [0.1, 0.15) is 37.9 Å². The lowest BCUT2D eigenvalue weighted by atomic mass is 10.0. The minimum Gasteiger partial charge on any atom is -0.508 e. The number of hydrogen-bond acceptors (Lipinski definition) is 5. The van der Waals surface area contributed by atoms with E-state index in [0.29, 0.717) is 16.8 Å². The molecular weight excluding hydrogens is 291 g/mol. The van der Waals surface area contributed by atoms with Crippen LogP contribution in [0.4, 0.5) is 4.39 Å². The van der Waals surface area contributed by atoms with Gasteiger partial charge in [0, 0.05) is 11.3 Å². The first-order chi connectivity index (χ1) is 10.2. The summed E-state index contributed by atoms with van der Waals surface area (Å²) in [4.78, 5) is 4.24. The van der Waals surface area contributed by atoms with Gasteiger partial charge in [-0.15, -0.1) is 0 Å². The van der Waals surface area contributed by atoms with Gasteiger partial charge in [0.25, 0.3) is 5.89 Å². The number of nitrogens with zero attached hydrogens (tertiary/aromatic N) is 2. The number of hydrogen-bond donors (Lipinski definition) is 1. The Morgan fingerprint density at radius 1 is 1.29 bits per heavy atom. The summed E-state index contributed by atoms with van der Waals surface area (Å²) >= 11 is 1.85. The predicted octanol–water partition coefficient (Wildman–Crippen LogP) is 4.15. The third-order valence-electron chi connectivity index (χ3n) is 3.65. The van der Waals surface area contributed by atoms with Crippen molar-refractivity contribution in [3.63, 3.8) is 0 Å². The molecule has 3 rings (SSSR count). The van der Waals surface area contributed by atoms with Gasteiger partial charge >= 0.3 is 0 Å². The van der Waals surface area contributed by atoms with Crippen molar-refractivity contribution >= 4 is 11.8 Å². The van der Waals surface area contributed by atoms with E-state index in [0.717, 1.165) is 6.07 Å². The molecular formula is C15H17FN2O2S. The van der Waals surface area contributed by atoms with E-state index < -0.39 is 5.82 Å². The lowest BCUT2D eigenvalue weighted by molar-refractivity contribution is 0.422. The van der Waals surface area contributed by atoms with Crippen LogP contribution < -0.4 is 0 Å². The van der Waals surface area contributed by atoms with Crippen molar-refractivity contribution in [2.24, 2.45) is 0 Å². The molecule has 0 saturated heterocycles. The lowest BCUT2D eigenvalue weighted by Crippen LogP contribution is -2.08. The largest absolute Gasteiger partial charge is 0.508 e. The minimum atomic E-state index is -0.565. The van der Waals surface area contributed by atoms with Crippen LogP contribution >= 0.6 is 11.8 Å². The molecule has 6 heteroatoms. The molecule has 1 N–H and O–H groups in total. The smallest absolute Gasteiger partial charge is 0.260 e. The summed E-state index contributed by atoms with van der Waals surface area (Å²) in [5, 5.41) is 13.8. The Bertz CT molecular complexity index is 611. The normalized spacial score (nSPS) is 16.2. The third kappa shape index (κ3) is 3.56. The third-order valence-corrected chi connectivity index (χ3v) is 5.02. The van der Waals surface area contributed by atoms with E-state index in [1.54, 1.807) is 0 Å². The molecule has 1 fully saturated rings. The van der Waals surface area contributed by atoms with Crippen molar-refractivity contribution in [1.82, 2.24) is 10.1 Å². The SMILES string of the molecule is Oc1ccc(-c2nc(CSC3CCCCC3)no2)c(F)c1. The summed E-state index contributed by atoms with van der Waals surface area (Å²) in [6.45, 7) is 0. The molecule has 21 heavy (non-hydrogen) atoms. The van der Waals surface area contributed by atoms with Gasteiger partial charge in [-0.2, -0.15) is 16.7 Å². The molecule has 1 heterocycles. The fourth-order valence-corrected chi connectivity index (χ4v) is 3.69. The summed E-state index contributed by atoms with van der Waals surface area (Å²) in [5.41, 5.74) is 0.217. The van der Waals surface area contributed by atoms with Crippen molar-refractivity contribution in [3.05, 3.63) is 29.8 Å². The Morgan fingerprint density at radius 3 is 2.86 bits per heavy atom. The van der Waals surface area contributed by atoms with E-state index in [9.17, 15) is 9.50 Å². The zero-order valence-corrected chi connectivity index (χ0v) is 12.4. The van der Waals surface area contributed by atoms with Crippen LogP contribution in [0.2, 0.25) is 0 Å². The molecule has 1 aliphatic carbocycles. The zero-order valence-electron chi connectivity index (χ0n) is 11.6. The van der Waals surface area contributed by atoms with Gasteiger partial charge in [-0.25, -0.2) is 4.39 Å². The van der Waals surface area contributed by atoms with Crippen molar-refractivity contribution in [1.29, 1.82) is 0 Å². The molecule has 0 bridgehead atoms. The second-order valence-corrected chi connectivity index (χ2v) is 6.54. The van der Waals surface area contributed by atoms with E-state index in [1.807, 2.05) is 11.8 Å². The summed E-state index contributed by atoms with van der Waals surface area (Å²) in [7, 11) is 0. The van der Waals surface area contributed by atoms with Gasteiger partial charge in [0.05, 0.1) is 11.3 Å². The highest BCUT2D eigenvalue weighted by molar-refractivity contribution is 7.99. The average Bonchev–Trinajstić information content (AvgIpc) is 2.95. The maximum atomic E-state index is 13.7. The summed E-state index contributed by atoms with van der Waals surface area (Å²) in [6.07, 6.45) is 6.44. The highest BCUT2D eigenvalue weighted by Crippen LogP contribution is 2.30. The number of phenolic OH excluding ortho intramolecular Hbond substituents is 1. The molecule has 0 unspecified atom stereocenters. The number of phenols is 1. The van der Waals surface area contributed by atoms with Gasteiger partial charge in [0.15, 0.2) is 5.82 Å². The van der Waals surface area contributed by atoms with E-state index in [-0.39, 0.29) is 17.2 Å². The molecule has 2 aromatic rings. The lowest BCUT2D eigenvalue weighted by Gasteiger charge is -2.19. The van der Waals surface area contributed by atoms with Crippen LogP contribution in [-0.4, -0.2) is 20.5 Å². The van der Waals surface area contributed by atoms with Crippen LogP contribution in [-0.2, 0) is 5.75 Å². The molecule has 0 amide bonds. The van der Waals surface area contributed by atoms with Gasteiger partial charge in [-0.1, -0.05) is 24.4 Å². The van der Waals surface area contributed by atoms with E-state index in [1.165, 1.54) is 44.2 Å². The Morgan fingerprint density at radius 2 is 2.10 bits per heavy atom. The number of aromatic nitrogens is 2. The molecule has 1 aromatic heterocycles. The van der Waals surface area contributed by atoms with Gasteiger partial charge in [0.2, 0.25) is 0 Å². The quantitative estimate of drug-likeness (QED) is 0.919. The molecule has 0 radical (unpaired) electrons. The number of benzene rings is 1. The monoisotopic (exact) mass is 308 g/mol. The maximum absolute atomic E-state index is 13.7. The van der Waals surface area contributed by atoms with E-state index in [2.05, 4.69) is 10.1 Å². The van der Waals surface area contributed by atoms with Crippen LogP contribution in [0.25, 0.3) is 11.5 Å². The summed E-state index contributed by atoms with van der Waals surface area (Å²) in [5.74, 6) is 0.752. The first kappa shape index (κ1) is 14.4. The van der Waals surface area contributed by atoms with Crippen LogP contribution in [0.3, 0.4) is 0 Å². The molecule has 0 atom stereocenters. The molecule has 1 aliphatic rings. The van der Waals surface area contributed by atoms with E-state index >= 15 is 0 Å². The highest BCUT2D eigenvalue weighted by Gasteiger charge is 2.17. The molecule has 4 nitrogen and oxygen atoms in total. The second-order valence-electron chi connectivity index (χ2n) is 5.25. The zero-order chi connectivity index (χ0) is 14.7. The van der Waals surface area contributed by atoms with Crippen LogP contribution in [0.5, 0.6) is 5.75 Å². The first-order valence-corrected chi connectivity index (χ1v) is 8.20. The second kappa shape index (κ2) is 6.47. The fraction of sp³-hybridized carbons (Fsp3) is 0.467. The van der Waals surface area contributed by atoms with Gasteiger partial charge in [-0.3, -0.25) is 0 Å². The highest BCUT2D eigenvalue weighted by atomic mass is 32.2. The molecule has 112 valence electrons. The minimum absolute atomic E-state index is 0.121. The Balaban J connectivity index is 1.65. The molecule has 1 saturated carbocycles. The molecule has 0 aliphatic heterocycles. The molecule has 1 aromatic carbocycles. The number of thioether (sulfide) groups is 1. The van der Waals surface area contributed by atoms with Crippen molar-refractivity contribution in [2.45, 2.75) is 43.1 Å². The predicted molar refractivity (Wildman–Crippen MR) is 79.5 cm³/mol. The van der Waals surface area contributed by atoms with Crippen molar-refractivity contribution in [2.75, 3.05) is 0 Å². The Kier molecular flexibility index (Phi) is 4.43. The topological polar surface area (TPSA) is 59.2 Å². The van der Waals surface area contributed by atoms with Gasteiger partial charge in [-0.05, 0) is 25.0 Å². The Hall–Kier alpha value is -1.56. The molecule has 0 spiro atoms. The van der Waals surface area contributed by atoms with Gasteiger partial charge in [0.1, 0.15) is 11.6 Å². The van der Waals surface area contributed by atoms with Crippen LogP contribution in [0, 0.1) is 5.82 Å². The Labute approximate surface area is 126 Å². The first-order valence-electron chi connectivity index (χ1n) is 7.15. The van der Waals surface area contributed by atoms with Gasteiger partial charge < -0.3 is 9.63 Å². The average molecular weight is 308 g/mol. The summed E-state index contributed by atoms with van der Waals surface area (Å²) in [6, 6.07) is 3.88. The standard InChI is InChI=1S/C15H17FN2O2S/c16-13-8-10(19)6-7-12(13)15-17-14(18-20-15)9-21-11-4-2-1-3-5-11/h6-8,11,19H,1-5,9H2. The number of halogens is 1. The van der Waals surface area contributed by atoms with Crippen LogP contribution in [0.15, 0.2) is 22.7 Å². The maximum Gasteiger partial charge on any atom is 0.260 e.